The summed E-state index contributed by atoms with van der Waals surface area (Å²) in [5.74, 6) is 0. The van der Waals surface area contributed by atoms with Crippen molar-refractivity contribution < 1.29 is 16.8 Å². The number of rotatable bonds is 8. The molecule has 0 aliphatic rings. The van der Waals surface area contributed by atoms with E-state index in [4.69, 9.17) is 11.6 Å². The first-order valence-electron chi connectivity index (χ1n) is 9.48. The molecule has 1 unspecified atom stereocenters. The number of benzene rings is 3. The van der Waals surface area contributed by atoms with Crippen molar-refractivity contribution >= 4 is 31.6 Å². The van der Waals surface area contributed by atoms with Gasteiger partial charge in [-0.25, -0.2) is 26.3 Å². The lowest BCUT2D eigenvalue weighted by atomic mass is 10.1. The van der Waals surface area contributed by atoms with Crippen LogP contribution in [0.3, 0.4) is 0 Å². The van der Waals surface area contributed by atoms with E-state index in [1.165, 1.54) is 24.3 Å². The maximum Gasteiger partial charge on any atom is 0.241 e. The normalized spacial score (nSPS) is 13.1. The third kappa shape index (κ3) is 6.15. The maximum absolute atomic E-state index is 12.9. The lowest BCUT2D eigenvalue weighted by Gasteiger charge is -2.20. The lowest BCUT2D eigenvalue weighted by molar-refractivity contribution is 0.540. The van der Waals surface area contributed by atoms with Crippen molar-refractivity contribution in [3.8, 4) is 0 Å². The van der Waals surface area contributed by atoms with Gasteiger partial charge in [0.2, 0.25) is 20.0 Å². The molecule has 3 aromatic rings. The lowest BCUT2D eigenvalue weighted by Crippen LogP contribution is -2.37. The van der Waals surface area contributed by atoms with Gasteiger partial charge < -0.3 is 0 Å². The molecule has 0 spiro atoms. The molecule has 6 nitrogen and oxygen atoms in total. The number of aryl methyl sites for hydroxylation is 2. The Labute approximate surface area is 188 Å². The second-order valence-electron chi connectivity index (χ2n) is 7.20. The second-order valence-corrected chi connectivity index (χ2v) is 11.1. The van der Waals surface area contributed by atoms with Crippen molar-refractivity contribution in [1.29, 1.82) is 0 Å². The van der Waals surface area contributed by atoms with Crippen LogP contribution in [0.15, 0.2) is 82.6 Å². The molecule has 0 saturated heterocycles. The van der Waals surface area contributed by atoms with E-state index >= 15 is 0 Å². The van der Waals surface area contributed by atoms with Gasteiger partial charge in [0, 0.05) is 11.6 Å². The van der Waals surface area contributed by atoms with Gasteiger partial charge in [-0.1, -0.05) is 59.1 Å². The topological polar surface area (TPSA) is 92.3 Å². The first-order valence-corrected chi connectivity index (χ1v) is 12.8. The summed E-state index contributed by atoms with van der Waals surface area (Å²) in [5.41, 5.74) is 2.44. The molecule has 0 aliphatic heterocycles. The average molecular weight is 479 g/mol. The van der Waals surface area contributed by atoms with Crippen molar-refractivity contribution in [2.24, 2.45) is 0 Å². The van der Waals surface area contributed by atoms with Crippen LogP contribution >= 0.6 is 11.6 Å². The molecule has 1 atom stereocenters. The van der Waals surface area contributed by atoms with Crippen LogP contribution in [0.4, 0.5) is 0 Å². The molecule has 31 heavy (non-hydrogen) atoms. The Morgan fingerprint density at radius 1 is 0.710 bits per heavy atom. The van der Waals surface area contributed by atoms with E-state index in [9.17, 15) is 16.8 Å². The van der Waals surface area contributed by atoms with Gasteiger partial charge in [-0.2, -0.15) is 0 Å². The van der Waals surface area contributed by atoms with E-state index in [-0.39, 0.29) is 16.3 Å². The van der Waals surface area contributed by atoms with E-state index in [2.05, 4.69) is 9.44 Å². The van der Waals surface area contributed by atoms with Crippen LogP contribution in [-0.2, 0) is 20.0 Å². The predicted octanol–water partition coefficient (Wildman–Crippen LogP) is 3.95. The molecular weight excluding hydrogens is 456 g/mol. The van der Waals surface area contributed by atoms with Crippen LogP contribution in [-0.4, -0.2) is 23.4 Å². The Bertz CT molecular complexity index is 1240. The highest BCUT2D eigenvalue weighted by molar-refractivity contribution is 7.90. The van der Waals surface area contributed by atoms with Crippen molar-refractivity contribution in [1.82, 2.24) is 9.44 Å². The third-order valence-corrected chi connectivity index (χ3v) is 7.89. The number of hydrogen-bond donors (Lipinski definition) is 2. The summed E-state index contributed by atoms with van der Waals surface area (Å²) >= 11 is 5.95. The van der Waals surface area contributed by atoms with E-state index in [0.717, 1.165) is 11.1 Å². The minimum absolute atomic E-state index is 0.0958. The minimum Gasteiger partial charge on any atom is -0.209 e. The van der Waals surface area contributed by atoms with Crippen LogP contribution in [0.5, 0.6) is 0 Å². The standard InChI is InChI=1S/C22H23ClN2O4S2/c1-16-3-11-20(12-4-16)30(26,27)24-15-22(18-7-9-19(23)10-8-18)25-31(28,29)21-13-5-17(2)6-14-21/h3-14,22,24-25H,15H2,1-2H3. The zero-order valence-electron chi connectivity index (χ0n) is 17.0. The molecule has 9 heteroatoms. The van der Waals surface area contributed by atoms with Crippen LogP contribution in [0.25, 0.3) is 0 Å². The summed E-state index contributed by atoms with van der Waals surface area (Å²) in [6.45, 7) is 3.55. The monoisotopic (exact) mass is 478 g/mol. The number of halogens is 1. The molecule has 3 aromatic carbocycles. The fraction of sp³-hybridized carbons (Fsp3) is 0.182. The summed E-state index contributed by atoms with van der Waals surface area (Å²) in [7, 11) is -7.72. The van der Waals surface area contributed by atoms with Crippen LogP contribution < -0.4 is 9.44 Å². The Hall–Kier alpha value is -2.23. The molecule has 0 amide bonds. The molecule has 164 valence electrons. The zero-order valence-corrected chi connectivity index (χ0v) is 19.4. The first kappa shape index (κ1) is 23.4. The Balaban J connectivity index is 1.87. The summed E-state index contributed by atoms with van der Waals surface area (Å²) < 4.78 is 56.3. The van der Waals surface area contributed by atoms with E-state index in [0.29, 0.717) is 10.6 Å². The average Bonchev–Trinajstić information content (AvgIpc) is 2.72. The van der Waals surface area contributed by atoms with E-state index in [1.807, 2.05) is 13.8 Å². The summed E-state index contributed by atoms with van der Waals surface area (Å²) in [5, 5.41) is 0.490. The first-order chi connectivity index (χ1) is 14.6. The molecule has 2 N–H and O–H groups in total. The van der Waals surface area contributed by atoms with E-state index in [1.54, 1.807) is 48.5 Å². The van der Waals surface area contributed by atoms with Crippen molar-refractivity contribution in [3.63, 3.8) is 0 Å². The number of nitrogens with one attached hydrogen (secondary N) is 2. The minimum atomic E-state index is -3.89. The molecule has 0 bridgehead atoms. The highest BCUT2D eigenvalue weighted by atomic mass is 35.5. The van der Waals surface area contributed by atoms with Gasteiger partial charge in [0.1, 0.15) is 0 Å². The van der Waals surface area contributed by atoms with Crippen molar-refractivity contribution in [2.75, 3.05) is 6.54 Å². The van der Waals surface area contributed by atoms with Crippen LogP contribution in [0.1, 0.15) is 22.7 Å². The Kier molecular flexibility index (Phi) is 7.18. The molecule has 3 rings (SSSR count). The van der Waals surface area contributed by atoms with Gasteiger partial charge in [-0.3, -0.25) is 0 Å². The van der Waals surface area contributed by atoms with Crippen LogP contribution in [0, 0.1) is 13.8 Å². The smallest absolute Gasteiger partial charge is 0.209 e. The maximum atomic E-state index is 12.9. The molecular formula is C22H23ClN2O4S2. The third-order valence-electron chi connectivity index (χ3n) is 4.71. The quantitative estimate of drug-likeness (QED) is 0.512. The van der Waals surface area contributed by atoms with E-state index < -0.39 is 26.1 Å². The van der Waals surface area contributed by atoms with Gasteiger partial charge in [0.05, 0.1) is 15.8 Å². The molecule has 0 saturated carbocycles. The van der Waals surface area contributed by atoms with Gasteiger partial charge >= 0.3 is 0 Å². The number of sulfonamides is 2. The molecule has 0 fully saturated rings. The fourth-order valence-corrected chi connectivity index (χ4v) is 5.29. The van der Waals surface area contributed by atoms with Gasteiger partial charge in [-0.05, 0) is 55.8 Å². The van der Waals surface area contributed by atoms with Crippen LogP contribution in [0.2, 0.25) is 5.02 Å². The molecule has 0 aromatic heterocycles. The number of hydrogen-bond acceptors (Lipinski definition) is 4. The Morgan fingerprint density at radius 3 is 1.65 bits per heavy atom. The SMILES string of the molecule is Cc1ccc(S(=O)(=O)NCC(NS(=O)(=O)c2ccc(C)cc2)c2ccc(Cl)cc2)cc1. The molecule has 0 heterocycles. The Morgan fingerprint density at radius 2 is 1.16 bits per heavy atom. The highest BCUT2D eigenvalue weighted by Crippen LogP contribution is 2.20. The summed E-state index contributed by atoms with van der Waals surface area (Å²) in [4.78, 5) is 0.202. The predicted molar refractivity (Wildman–Crippen MR) is 122 cm³/mol. The summed E-state index contributed by atoms with van der Waals surface area (Å²) in [6.07, 6.45) is 0. The zero-order chi connectivity index (χ0) is 22.6. The van der Waals surface area contributed by atoms with Gasteiger partial charge in [-0.15, -0.1) is 0 Å². The van der Waals surface area contributed by atoms with Crippen molar-refractivity contribution in [3.05, 3.63) is 94.5 Å². The molecule has 0 radical (unpaired) electrons. The van der Waals surface area contributed by atoms with Gasteiger partial charge in [0.25, 0.3) is 0 Å². The van der Waals surface area contributed by atoms with Crippen molar-refractivity contribution in [2.45, 2.75) is 29.7 Å². The van der Waals surface area contributed by atoms with Gasteiger partial charge in [0.15, 0.2) is 0 Å². The molecule has 0 aliphatic carbocycles. The summed E-state index contributed by atoms with van der Waals surface area (Å²) in [6, 6.07) is 18.5. The second kappa shape index (κ2) is 9.50. The highest BCUT2D eigenvalue weighted by Gasteiger charge is 2.24. The fourth-order valence-electron chi connectivity index (χ4n) is 2.89. The largest absolute Gasteiger partial charge is 0.241 e.